The number of methoxy groups -OCH3 is 1. The predicted molar refractivity (Wildman–Crippen MR) is 84.9 cm³/mol. The van der Waals surface area contributed by atoms with E-state index in [0.29, 0.717) is 5.92 Å². The fraction of sp³-hybridized carbons (Fsp3) is 0.368. The lowest BCUT2D eigenvalue weighted by Gasteiger charge is -2.19. The minimum Gasteiger partial charge on any atom is -0.496 e. The number of hydrogen-bond donors (Lipinski definition) is 1. The van der Waals surface area contributed by atoms with E-state index in [-0.39, 0.29) is 0 Å². The highest BCUT2D eigenvalue weighted by atomic mass is 16.5. The molecule has 0 heterocycles. The van der Waals surface area contributed by atoms with E-state index in [1.165, 1.54) is 24.0 Å². The molecule has 2 aromatic rings. The van der Waals surface area contributed by atoms with Crippen LogP contribution in [0.2, 0.25) is 0 Å². The molecule has 1 saturated carbocycles. The van der Waals surface area contributed by atoms with Gasteiger partial charge in [-0.1, -0.05) is 36.4 Å². The largest absolute Gasteiger partial charge is 0.496 e. The molecule has 1 aliphatic carbocycles. The second-order valence-corrected chi connectivity index (χ2v) is 5.98. The Bertz CT molecular complexity index is 657. The van der Waals surface area contributed by atoms with Crippen molar-refractivity contribution in [1.82, 2.24) is 0 Å². The average Bonchev–Trinajstić information content (AvgIpc) is 3.34. The SMILES string of the molecule is COc1c(C(O)c2cccc(C3CC3)c2)ccc(C)c1C. The first-order valence-corrected chi connectivity index (χ1v) is 7.54. The number of hydrogen-bond acceptors (Lipinski definition) is 2. The molecule has 110 valence electrons. The van der Waals surface area contributed by atoms with Gasteiger partial charge >= 0.3 is 0 Å². The number of ether oxygens (including phenoxy) is 1. The van der Waals surface area contributed by atoms with Gasteiger partial charge < -0.3 is 9.84 Å². The molecule has 0 bridgehead atoms. The number of rotatable bonds is 4. The first-order chi connectivity index (χ1) is 10.1. The van der Waals surface area contributed by atoms with Gasteiger partial charge in [-0.15, -0.1) is 0 Å². The predicted octanol–water partition coefficient (Wildman–Crippen LogP) is 4.27. The molecule has 1 unspecified atom stereocenters. The Balaban J connectivity index is 2.00. The van der Waals surface area contributed by atoms with Crippen LogP contribution in [0, 0.1) is 13.8 Å². The van der Waals surface area contributed by atoms with Gasteiger partial charge in [0.1, 0.15) is 11.9 Å². The summed E-state index contributed by atoms with van der Waals surface area (Å²) in [7, 11) is 1.67. The maximum atomic E-state index is 10.8. The van der Waals surface area contributed by atoms with Crippen molar-refractivity contribution in [2.75, 3.05) is 7.11 Å². The highest BCUT2D eigenvalue weighted by Crippen LogP contribution is 2.41. The maximum Gasteiger partial charge on any atom is 0.128 e. The molecular formula is C19H22O2. The fourth-order valence-electron chi connectivity index (χ4n) is 2.88. The highest BCUT2D eigenvalue weighted by Gasteiger charge is 2.25. The Kier molecular flexibility index (Phi) is 3.73. The van der Waals surface area contributed by atoms with Gasteiger partial charge in [0.25, 0.3) is 0 Å². The molecule has 0 radical (unpaired) electrons. The van der Waals surface area contributed by atoms with Gasteiger partial charge in [-0.05, 0) is 54.9 Å². The topological polar surface area (TPSA) is 29.5 Å². The number of aryl methyl sites for hydroxylation is 1. The Morgan fingerprint density at radius 1 is 1.14 bits per heavy atom. The first-order valence-electron chi connectivity index (χ1n) is 7.54. The first kappa shape index (κ1) is 14.2. The van der Waals surface area contributed by atoms with E-state index in [2.05, 4.69) is 19.1 Å². The van der Waals surface area contributed by atoms with E-state index in [1.54, 1.807) is 7.11 Å². The van der Waals surface area contributed by atoms with Gasteiger partial charge in [-0.2, -0.15) is 0 Å². The maximum absolute atomic E-state index is 10.8. The van der Waals surface area contributed by atoms with Gasteiger partial charge in [0.15, 0.2) is 0 Å². The van der Waals surface area contributed by atoms with Crippen LogP contribution in [0.4, 0.5) is 0 Å². The fourth-order valence-corrected chi connectivity index (χ4v) is 2.88. The molecule has 0 spiro atoms. The second kappa shape index (κ2) is 5.53. The summed E-state index contributed by atoms with van der Waals surface area (Å²) in [6.07, 6.45) is 1.90. The van der Waals surface area contributed by atoms with Crippen LogP contribution in [0.3, 0.4) is 0 Å². The van der Waals surface area contributed by atoms with E-state index >= 15 is 0 Å². The van der Waals surface area contributed by atoms with Crippen LogP contribution in [-0.2, 0) is 0 Å². The molecule has 0 saturated heterocycles. The van der Waals surface area contributed by atoms with Crippen molar-refractivity contribution in [3.8, 4) is 5.75 Å². The van der Waals surface area contributed by atoms with Crippen molar-refractivity contribution < 1.29 is 9.84 Å². The number of benzene rings is 2. The highest BCUT2D eigenvalue weighted by molar-refractivity contribution is 5.49. The van der Waals surface area contributed by atoms with Crippen LogP contribution in [-0.4, -0.2) is 12.2 Å². The Hall–Kier alpha value is -1.80. The third kappa shape index (κ3) is 2.68. The normalized spacial score (nSPS) is 15.8. The molecule has 0 aliphatic heterocycles. The molecule has 1 atom stereocenters. The lowest BCUT2D eigenvalue weighted by atomic mass is 9.95. The second-order valence-electron chi connectivity index (χ2n) is 5.98. The van der Waals surface area contributed by atoms with E-state index in [4.69, 9.17) is 4.74 Å². The zero-order valence-corrected chi connectivity index (χ0v) is 12.9. The lowest BCUT2D eigenvalue weighted by molar-refractivity contribution is 0.214. The third-order valence-corrected chi connectivity index (χ3v) is 4.48. The van der Waals surface area contributed by atoms with Crippen molar-refractivity contribution in [2.45, 2.75) is 38.7 Å². The molecule has 1 N–H and O–H groups in total. The molecule has 21 heavy (non-hydrogen) atoms. The molecule has 1 fully saturated rings. The number of aliphatic hydroxyl groups is 1. The summed E-state index contributed by atoms with van der Waals surface area (Å²) >= 11 is 0. The van der Waals surface area contributed by atoms with Crippen LogP contribution in [0.1, 0.15) is 52.7 Å². The minimum absolute atomic E-state index is 0.641. The van der Waals surface area contributed by atoms with Crippen LogP contribution in [0.5, 0.6) is 5.75 Å². The van der Waals surface area contributed by atoms with Crippen molar-refractivity contribution >= 4 is 0 Å². The van der Waals surface area contributed by atoms with E-state index in [0.717, 1.165) is 22.4 Å². The van der Waals surface area contributed by atoms with Crippen LogP contribution in [0.15, 0.2) is 36.4 Å². The zero-order chi connectivity index (χ0) is 15.0. The quantitative estimate of drug-likeness (QED) is 0.907. The summed E-state index contributed by atoms with van der Waals surface area (Å²) in [6, 6.07) is 12.3. The van der Waals surface area contributed by atoms with E-state index in [1.807, 2.05) is 31.2 Å². The zero-order valence-electron chi connectivity index (χ0n) is 12.9. The van der Waals surface area contributed by atoms with Crippen LogP contribution >= 0.6 is 0 Å². The van der Waals surface area contributed by atoms with Gasteiger partial charge in [0, 0.05) is 5.56 Å². The average molecular weight is 282 g/mol. The molecular weight excluding hydrogens is 260 g/mol. The van der Waals surface area contributed by atoms with Gasteiger partial charge in [0.05, 0.1) is 7.11 Å². The van der Waals surface area contributed by atoms with Crippen LogP contribution in [0.25, 0.3) is 0 Å². The van der Waals surface area contributed by atoms with Gasteiger partial charge in [0.2, 0.25) is 0 Å². The van der Waals surface area contributed by atoms with Crippen molar-refractivity contribution in [2.24, 2.45) is 0 Å². The summed E-state index contributed by atoms with van der Waals surface area (Å²) < 4.78 is 5.53. The molecule has 3 rings (SSSR count). The smallest absolute Gasteiger partial charge is 0.128 e. The molecule has 2 nitrogen and oxygen atoms in total. The summed E-state index contributed by atoms with van der Waals surface area (Å²) in [4.78, 5) is 0. The van der Waals surface area contributed by atoms with Crippen LogP contribution < -0.4 is 4.74 Å². The summed E-state index contributed by atoms with van der Waals surface area (Å²) in [6.45, 7) is 4.09. The molecule has 0 aromatic heterocycles. The van der Waals surface area contributed by atoms with Gasteiger partial charge in [-0.3, -0.25) is 0 Å². The molecule has 1 aliphatic rings. The molecule has 2 heteroatoms. The van der Waals surface area contributed by atoms with Gasteiger partial charge in [-0.25, -0.2) is 0 Å². The monoisotopic (exact) mass is 282 g/mol. The Morgan fingerprint density at radius 3 is 2.57 bits per heavy atom. The molecule has 2 aromatic carbocycles. The molecule has 0 amide bonds. The Morgan fingerprint density at radius 2 is 1.90 bits per heavy atom. The number of aliphatic hydroxyl groups excluding tert-OH is 1. The lowest BCUT2D eigenvalue weighted by Crippen LogP contribution is -2.05. The minimum atomic E-state index is -0.641. The standard InChI is InChI=1S/C19H22O2/c1-12-7-10-17(19(21-3)13(12)2)18(20)16-6-4-5-15(11-16)14-8-9-14/h4-7,10-11,14,18,20H,8-9H2,1-3H3. The van der Waals surface area contributed by atoms with E-state index < -0.39 is 6.10 Å². The van der Waals surface area contributed by atoms with Crippen molar-refractivity contribution in [1.29, 1.82) is 0 Å². The summed E-state index contributed by atoms with van der Waals surface area (Å²) in [5, 5.41) is 10.8. The summed E-state index contributed by atoms with van der Waals surface area (Å²) in [5.74, 6) is 1.48. The summed E-state index contributed by atoms with van der Waals surface area (Å²) in [5.41, 5.74) is 5.39. The van der Waals surface area contributed by atoms with Crippen molar-refractivity contribution in [3.63, 3.8) is 0 Å². The van der Waals surface area contributed by atoms with Crippen molar-refractivity contribution in [3.05, 3.63) is 64.2 Å². The van der Waals surface area contributed by atoms with E-state index in [9.17, 15) is 5.11 Å². The Labute approximate surface area is 126 Å². The third-order valence-electron chi connectivity index (χ3n) is 4.48.